The predicted molar refractivity (Wildman–Crippen MR) is 119 cm³/mol. The van der Waals surface area contributed by atoms with Crippen LogP contribution in [0.2, 0.25) is 0 Å². The van der Waals surface area contributed by atoms with Gasteiger partial charge in [-0.1, -0.05) is 49.4 Å². The highest BCUT2D eigenvalue weighted by Gasteiger charge is 2.22. The molecule has 2 aromatic carbocycles. The van der Waals surface area contributed by atoms with Crippen molar-refractivity contribution in [1.29, 1.82) is 0 Å². The Morgan fingerprint density at radius 3 is 2.47 bits per heavy atom. The van der Waals surface area contributed by atoms with Crippen LogP contribution in [0.15, 0.2) is 59.4 Å². The molecular weight excluding hydrogens is 376 g/mol. The maximum absolute atomic E-state index is 12.9. The highest BCUT2D eigenvalue weighted by atomic mass is 16.2. The Labute approximate surface area is 177 Å². The topological polar surface area (TPSA) is 59.3 Å². The van der Waals surface area contributed by atoms with E-state index in [1.54, 1.807) is 9.13 Å². The van der Waals surface area contributed by atoms with E-state index in [1.165, 1.54) is 5.56 Å². The normalized spacial score (nSPS) is 17.3. The second-order valence-electron chi connectivity index (χ2n) is 8.14. The maximum Gasteiger partial charge on any atom is 0.329 e. The van der Waals surface area contributed by atoms with Gasteiger partial charge < -0.3 is 5.32 Å². The number of nitrogens with one attached hydrogen (secondary N) is 1. The fraction of sp³-hybridized carbons (Fsp3) is 0.417. The van der Waals surface area contributed by atoms with Crippen LogP contribution in [0.5, 0.6) is 0 Å². The molecule has 30 heavy (non-hydrogen) atoms. The molecule has 2 heterocycles. The third-order valence-electron chi connectivity index (χ3n) is 5.79. The summed E-state index contributed by atoms with van der Waals surface area (Å²) in [5.41, 5.74) is 2.90. The highest BCUT2D eigenvalue weighted by Crippen LogP contribution is 2.15. The number of hydrogen-bond donors (Lipinski definition) is 1. The number of aromatic nitrogens is 2. The first-order valence-corrected chi connectivity index (χ1v) is 10.9. The first kappa shape index (κ1) is 20.4. The third-order valence-corrected chi connectivity index (χ3v) is 5.79. The molecular formula is C24H30N4O2. The lowest BCUT2D eigenvalue weighted by Crippen LogP contribution is -2.48. The van der Waals surface area contributed by atoms with E-state index in [-0.39, 0.29) is 24.2 Å². The maximum atomic E-state index is 12.9. The molecule has 1 atom stereocenters. The van der Waals surface area contributed by atoms with Gasteiger partial charge in [0, 0.05) is 25.7 Å². The van der Waals surface area contributed by atoms with Crippen LogP contribution < -0.4 is 11.0 Å². The second-order valence-corrected chi connectivity index (χ2v) is 8.14. The smallest absolute Gasteiger partial charge is 0.329 e. The number of hydrogen-bond acceptors (Lipinski definition) is 3. The Hall–Kier alpha value is -2.86. The molecule has 1 aliphatic rings. The summed E-state index contributed by atoms with van der Waals surface area (Å²) in [4.78, 5) is 28.1. The molecule has 158 valence electrons. The van der Waals surface area contributed by atoms with E-state index in [1.807, 2.05) is 30.3 Å². The molecule has 0 saturated carbocycles. The van der Waals surface area contributed by atoms with E-state index in [2.05, 4.69) is 41.4 Å². The molecule has 1 amide bonds. The molecule has 1 saturated heterocycles. The molecule has 0 bridgehead atoms. The molecule has 6 heteroatoms. The van der Waals surface area contributed by atoms with Gasteiger partial charge in [0.2, 0.25) is 5.91 Å². The first-order valence-electron chi connectivity index (χ1n) is 10.9. The number of aryl methyl sites for hydroxylation is 1. The van der Waals surface area contributed by atoms with Crippen molar-refractivity contribution < 1.29 is 4.79 Å². The summed E-state index contributed by atoms with van der Waals surface area (Å²) in [7, 11) is 0. The lowest BCUT2D eigenvalue weighted by Gasteiger charge is -2.33. The van der Waals surface area contributed by atoms with Crippen LogP contribution in [0.3, 0.4) is 0 Å². The van der Waals surface area contributed by atoms with E-state index in [4.69, 9.17) is 0 Å². The van der Waals surface area contributed by atoms with Crippen LogP contribution in [0.25, 0.3) is 11.0 Å². The van der Waals surface area contributed by atoms with Crippen LogP contribution in [-0.2, 0) is 24.4 Å². The summed E-state index contributed by atoms with van der Waals surface area (Å²) in [6, 6.07) is 18.3. The van der Waals surface area contributed by atoms with Crippen LogP contribution in [-0.4, -0.2) is 39.1 Å². The average Bonchev–Trinajstić information content (AvgIpc) is 3.01. The minimum Gasteiger partial charge on any atom is -0.351 e. The van der Waals surface area contributed by atoms with Crippen LogP contribution in [0.4, 0.5) is 0 Å². The van der Waals surface area contributed by atoms with Gasteiger partial charge in [0.15, 0.2) is 0 Å². The molecule has 0 radical (unpaired) electrons. The van der Waals surface area contributed by atoms with Crippen molar-refractivity contribution in [2.24, 2.45) is 0 Å². The van der Waals surface area contributed by atoms with Crippen molar-refractivity contribution >= 4 is 16.9 Å². The summed E-state index contributed by atoms with van der Waals surface area (Å²) in [5.74, 6) is -0.0944. The number of amides is 1. The largest absolute Gasteiger partial charge is 0.351 e. The molecule has 0 spiro atoms. The Morgan fingerprint density at radius 1 is 1.03 bits per heavy atom. The highest BCUT2D eigenvalue weighted by molar-refractivity contribution is 5.81. The number of imidazole rings is 1. The lowest BCUT2D eigenvalue weighted by molar-refractivity contribution is -0.122. The second kappa shape index (κ2) is 9.30. The average molecular weight is 407 g/mol. The van der Waals surface area contributed by atoms with Crippen molar-refractivity contribution in [3.05, 3.63) is 70.6 Å². The zero-order valence-corrected chi connectivity index (χ0v) is 17.6. The van der Waals surface area contributed by atoms with E-state index in [0.29, 0.717) is 6.54 Å². The van der Waals surface area contributed by atoms with Gasteiger partial charge in [-0.05, 0) is 43.5 Å². The fourth-order valence-electron chi connectivity index (χ4n) is 4.44. The number of nitrogens with zero attached hydrogens (tertiary/aromatic N) is 3. The van der Waals surface area contributed by atoms with E-state index in [9.17, 15) is 9.59 Å². The molecule has 0 unspecified atom stereocenters. The van der Waals surface area contributed by atoms with Gasteiger partial charge in [-0.25, -0.2) is 4.79 Å². The van der Waals surface area contributed by atoms with Gasteiger partial charge in [-0.15, -0.1) is 0 Å². The molecule has 4 rings (SSSR count). The Morgan fingerprint density at radius 2 is 1.73 bits per heavy atom. The summed E-state index contributed by atoms with van der Waals surface area (Å²) >= 11 is 0. The molecule has 0 aliphatic carbocycles. The number of para-hydroxylation sites is 2. The number of piperidine rings is 1. The Balaban J connectivity index is 1.42. The minimum absolute atomic E-state index is 0.0608. The van der Waals surface area contributed by atoms with Gasteiger partial charge in [0.1, 0.15) is 6.54 Å². The standard InChI is InChI=1S/C24H30N4O2/c1-2-14-27-21-12-6-7-13-22(21)28(24(27)30)18-23(29)25-20-11-8-15-26(17-20)16-19-9-4-3-5-10-19/h3-7,9-10,12-13,20H,2,8,11,14-18H2,1H3,(H,25,29)/t20-/m1/s1. The molecule has 1 fully saturated rings. The summed E-state index contributed by atoms with van der Waals surface area (Å²) in [6.07, 6.45) is 2.91. The van der Waals surface area contributed by atoms with E-state index < -0.39 is 0 Å². The fourth-order valence-corrected chi connectivity index (χ4v) is 4.44. The van der Waals surface area contributed by atoms with Gasteiger partial charge >= 0.3 is 5.69 Å². The zero-order valence-electron chi connectivity index (χ0n) is 17.6. The van der Waals surface area contributed by atoms with Crippen LogP contribution in [0.1, 0.15) is 31.7 Å². The van der Waals surface area contributed by atoms with Crippen molar-refractivity contribution in [3.63, 3.8) is 0 Å². The van der Waals surface area contributed by atoms with Gasteiger partial charge in [-0.2, -0.15) is 0 Å². The molecule has 6 nitrogen and oxygen atoms in total. The number of carbonyl (C=O) groups is 1. The Kier molecular flexibility index (Phi) is 6.33. The van der Waals surface area contributed by atoms with Crippen molar-refractivity contribution in [1.82, 2.24) is 19.4 Å². The number of carbonyl (C=O) groups excluding carboxylic acids is 1. The zero-order chi connectivity index (χ0) is 20.9. The number of fused-ring (bicyclic) bond motifs is 1. The molecule has 1 aromatic heterocycles. The van der Waals surface area contributed by atoms with E-state index in [0.717, 1.165) is 49.9 Å². The SMILES string of the molecule is CCCn1c(=O)n(CC(=O)N[C@@H]2CCCN(Cc3ccccc3)C2)c2ccccc21. The predicted octanol–water partition coefficient (Wildman–Crippen LogP) is 2.99. The minimum atomic E-state index is -0.109. The number of likely N-dealkylation sites (tertiary alicyclic amines) is 1. The molecule has 3 aromatic rings. The van der Waals surface area contributed by atoms with Crippen LogP contribution >= 0.6 is 0 Å². The van der Waals surface area contributed by atoms with Crippen molar-refractivity contribution in [2.75, 3.05) is 13.1 Å². The first-order chi connectivity index (χ1) is 14.7. The van der Waals surface area contributed by atoms with Crippen LogP contribution in [0, 0.1) is 0 Å². The third kappa shape index (κ3) is 4.49. The van der Waals surface area contributed by atoms with Gasteiger partial charge in [0.25, 0.3) is 0 Å². The van der Waals surface area contributed by atoms with Crippen molar-refractivity contribution in [3.8, 4) is 0 Å². The quantitative estimate of drug-likeness (QED) is 0.656. The monoisotopic (exact) mass is 406 g/mol. The summed E-state index contributed by atoms with van der Waals surface area (Å²) in [6.45, 7) is 5.56. The summed E-state index contributed by atoms with van der Waals surface area (Å²) in [5, 5.41) is 3.17. The van der Waals surface area contributed by atoms with Crippen molar-refractivity contribution in [2.45, 2.75) is 51.9 Å². The molecule has 1 aliphatic heterocycles. The van der Waals surface area contributed by atoms with E-state index >= 15 is 0 Å². The lowest BCUT2D eigenvalue weighted by atomic mass is 10.0. The Bertz CT molecular complexity index is 1050. The van der Waals surface area contributed by atoms with Gasteiger partial charge in [-0.3, -0.25) is 18.8 Å². The molecule has 1 N–H and O–H groups in total. The number of rotatable bonds is 7. The summed E-state index contributed by atoms with van der Waals surface area (Å²) < 4.78 is 3.37. The number of benzene rings is 2. The van der Waals surface area contributed by atoms with Gasteiger partial charge in [0.05, 0.1) is 11.0 Å².